The zero-order valence-corrected chi connectivity index (χ0v) is 16.8. The van der Waals surface area contributed by atoms with Crippen LogP contribution in [0.5, 0.6) is 0 Å². The highest BCUT2D eigenvalue weighted by molar-refractivity contribution is 4.66. The molecule has 2 heterocycles. The summed E-state index contributed by atoms with van der Waals surface area (Å²) in [5, 5.41) is 0. The first kappa shape index (κ1) is 19.7. The van der Waals surface area contributed by atoms with E-state index in [2.05, 4.69) is 83.9 Å². The predicted molar refractivity (Wildman–Crippen MR) is 101 cm³/mol. The number of aryl methyl sites for hydroxylation is 4. The van der Waals surface area contributed by atoms with Gasteiger partial charge in [-0.05, 0) is 38.5 Å². The maximum absolute atomic E-state index is 2.34. The van der Waals surface area contributed by atoms with Crippen LogP contribution in [0.3, 0.4) is 0 Å². The van der Waals surface area contributed by atoms with Crippen LogP contribution >= 0.6 is 0 Å². The van der Waals surface area contributed by atoms with E-state index in [1.165, 1.54) is 45.1 Å². The normalized spacial score (nSPS) is 12.0. The number of imidazole rings is 2. The van der Waals surface area contributed by atoms with Gasteiger partial charge in [0, 0.05) is 0 Å². The van der Waals surface area contributed by atoms with Gasteiger partial charge in [-0.25, -0.2) is 18.3 Å². The summed E-state index contributed by atoms with van der Waals surface area (Å²) < 4.78 is 10.1. The summed E-state index contributed by atoms with van der Waals surface area (Å²) >= 11 is 0. The fraction of sp³-hybridized carbons (Fsp3) is 0.700. The molecule has 0 saturated heterocycles. The molecule has 0 saturated carbocycles. The second kappa shape index (κ2) is 9.76. The van der Waals surface area contributed by atoms with Crippen molar-refractivity contribution in [2.75, 3.05) is 27.7 Å². The van der Waals surface area contributed by atoms with Crippen molar-refractivity contribution < 1.29 is 13.6 Å². The van der Waals surface area contributed by atoms with Gasteiger partial charge in [0.05, 0.1) is 54.4 Å². The predicted octanol–water partition coefficient (Wildman–Crippen LogP) is 2.15. The minimum Gasteiger partial charge on any atom is -0.331 e. The standard InChI is InChI=1S/C20H38N5/c1-21-14-15-22(19-21)11-7-5-8-12-23-16-17-24(20-23)13-9-6-10-18-25(2,3)4/h14-17,19-20H,5-13,18H2,1-4H3/q+3. The van der Waals surface area contributed by atoms with Crippen LogP contribution in [-0.4, -0.2) is 41.3 Å². The lowest BCUT2D eigenvalue weighted by atomic mass is 10.2. The van der Waals surface area contributed by atoms with Crippen molar-refractivity contribution in [2.24, 2.45) is 7.05 Å². The summed E-state index contributed by atoms with van der Waals surface area (Å²) in [4.78, 5) is 0. The van der Waals surface area contributed by atoms with Crippen LogP contribution < -0.4 is 9.13 Å². The molecule has 5 nitrogen and oxygen atoms in total. The van der Waals surface area contributed by atoms with Gasteiger partial charge in [-0.1, -0.05) is 0 Å². The van der Waals surface area contributed by atoms with E-state index in [-0.39, 0.29) is 0 Å². The van der Waals surface area contributed by atoms with Crippen molar-refractivity contribution in [3.8, 4) is 0 Å². The fourth-order valence-electron chi connectivity index (χ4n) is 3.16. The maximum Gasteiger partial charge on any atom is 0.243 e. The quantitative estimate of drug-likeness (QED) is 0.318. The molecule has 0 aliphatic heterocycles. The molecule has 0 amide bonds. The van der Waals surface area contributed by atoms with E-state index in [0.717, 1.165) is 24.1 Å². The molecule has 25 heavy (non-hydrogen) atoms. The van der Waals surface area contributed by atoms with E-state index in [1.807, 2.05) is 0 Å². The molecule has 0 aromatic carbocycles. The molecule has 0 atom stereocenters. The number of aromatic nitrogens is 4. The van der Waals surface area contributed by atoms with Gasteiger partial charge in [0.2, 0.25) is 12.7 Å². The van der Waals surface area contributed by atoms with Crippen molar-refractivity contribution in [2.45, 2.75) is 58.2 Å². The Hall–Kier alpha value is -1.62. The third kappa shape index (κ3) is 8.34. The summed E-state index contributed by atoms with van der Waals surface area (Å²) in [7, 11) is 8.88. The molecule has 2 rings (SSSR count). The van der Waals surface area contributed by atoms with Crippen molar-refractivity contribution in [1.82, 2.24) is 9.13 Å². The number of nitrogens with zero attached hydrogens (tertiary/aromatic N) is 5. The summed E-state index contributed by atoms with van der Waals surface area (Å²) in [6.45, 7) is 4.68. The Morgan fingerprint density at radius 2 is 1.40 bits per heavy atom. The number of hydrogen-bond donors (Lipinski definition) is 0. The van der Waals surface area contributed by atoms with Gasteiger partial charge in [-0.3, -0.25) is 0 Å². The molecule has 2 aromatic heterocycles. The van der Waals surface area contributed by atoms with Crippen LogP contribution in [0.25, 0.3) is 0 Å². The van der Waals surface area contributed by atoms with Crippen LogP contribution in [0.2, 0.25) is 0 Å². The molecule has 0 N–H and O–H groups in total. The van der Waals surface area contributed by atoms with Crippen molar-refractivity contribution in [3.63, 3.8) is 0 Å². The van der Waals surface area contributed by atoms with Crippen LogP contribution in [0.15, 0.2) is 37.4 Å². The van der Waals surface area contributed by atoms with E-state index in [4.69, 9.17) is 0 Å². The van der Waals surface area contributed by atoms with Gasteiger partial charge < -0.3 is 4.48 Å². The summed E-state index contributed by atoms with van der Waals surface area (Å²) in [6, 6.07) is 0. The average molecular weight is 349 g/mol. The van der Waals surface area contributed by atoms with E-state index in [0.29, 0.717) is 0 Å². The van der Waals surface area contributed by atoms with Crippen molar-refractivity contribution in [3.05, 3.63) is 37.4 Å². The Labute approximate surface area is 153 Å². The number of quaternary nitrogens is 1. The SMILES string of the molecule is Cn1cc[n+](CCCCC[n+]2ccn(CCCCC[N+](C)(C)C)c2)c1. The van der Waals surface area contributed by atoms with Crippen molar-refractivity contribution in [1.29, 1.82) is 0 Å². The highest BCUT2D eigenvalue weighted by atomic mass is 15.3. The molecule has 0 spiro atoms. The van der Waals surface area contributed by atoms with Crippen LogP contribution in [0.1, 0.15) is 38.5 Å². The summed E-state index contributed by atoms with van der Waals surface area (Å²) in [5.41, 5.74) is 0. The average Bonchev–Trinajstić information content (AvgIpc) is 3.15. The smallest absolute Gasteiger partial charge is 0.243 e. The first-order valence-electron chi connectivity index (χ1n) is 9.79. The van der Waals surface area contributed by atoms with E-state index >= 15 is 0 Å². The lowest BCUT2D eigenvalue weighted by Gasteiger charge is -2.23. The van der Waals surface area contributed by atoms with Gasteiger partial charge in [0.25, 0.3) is 0 Å². The summed E-state index contributed by atoms with van der Waals surface area (Å²) in [6.07, 6.45) is 20.8. The van der Waals surface area contributed by atoms with E-state index in [1.54, 1.807) is 0 Å². The molecule has 0 fully saturated rings. The first-order valence-corrected chi connectivity index (χ1v) is 9.79. The Bertz CT molecular complexity index is 606. The van der Waals surface area contributed by atoms with Gasteiger partial charge in [-0.15, -0.1) is 0 Å². The van der Waals surface area contributed by atoms with Crippen molar-refractivity contribution >= 4 is 0 Å². The molecule has 0 bridgehead atoms. The monoisotopic (exact) mass is 348 g/mol. The van der Waals surface area contributed by atoms with Crippen LogP contribution in [0.4, 0.5) is 0 Å². The second-order valence-electron chi connectivity index (χ2n) is 8.34. The lowest BCUT2D eigenvalue weighted by molar-refractivity contribution is -0.870. The highest BCUT2D eigenvalue weighted by Gasteiger charge is 2.07. The van der Waals surface area contributed by atoms with E-state index < -0.39 is 0 Å². The van der Waals surface area contributed by atoms with Gasteiger partial charge in [0.1, 0.15) is 24.8 Å². The largest absolute Gasteiger partial charge is 0.331 e. The lowest BCUT2D eigenvalue weighted by Crippen LogP contribution is -2.35. The number of unbranched alkanes of at least 4 members (excludes halogenated alkanes) is 4. The van der Waals surface area contributed by atoms with Gasteiger partial charge in [0.15, 0.2) is 0 Å². The molecular weight excluding hydrogens is 310 g/mol. The molecule has 2 aromatic rings. The second-order valence-corrected chi connectivity index (χ2v) is 8.34. The zero-order chi connectivity index (χ0) is 18.1. The maximum atomic E-state index is 2.34. The highest BCUT2D eigenvalue weighted by Crippen LogP contribution is 2.03. The Morgan fingerprint density at radius 3 is 2.04 bits per heavy atom. The number of hydrogen-bond acceptors (Lipinski definition) is 0. The molecule has 140 valence electrons. The molecule has 0 unspecified atom stereocenters. The minimum atomic E-state index is 1.08. The van der Waals surface area contributed by atoms with E-state index in [9.17, 15) is 0 Å². The number of rotatable bonds is 12. The van der Waals surface area contributed by atoms with Crippen LogP contribution in [-0.2, 0) is 26.7 Å². The third-order valence-electron chi connectivity index (χ3n) is 4.65. The minimum absolute atomic E-state index is 1.08. The third-order valence-corrected chi connectivity index (χ3v) is 4.65. The summed E-state index contributed by atoms with van der Waals surface area (Å²) in [5.74, 6) is 0. The Balaban J connectivity index is 1.53. The Kier molecular flexibility index (Phi) is 7.69. The van der Waals surface area contributed by atoms with Gasteiger partial charge in [-0.2, -0.15) is 0 Å². The topological polar surface area (TPSA) is 17.6 Å². The molecule has 0 radical (unpaired) electrons. The zero-order valence-electron chi connectivity index (χ0n) is 16.8. The molecule has 0 aliphatic carbocycles. The molecule has 5 heteroatoms. The molecule has 0 aliphatic rings. The Morgan fingerprint density at radius 1 is 0.760 bits per heavy atom. The fourth-order valence-corrected chi connectivity index (χ4v) is 3.16. The van der Waals surface area contributed by atoms with Gasteiger partial charge >= 0.3 is 0 Å². The first-order chi connectivity index (χ1) is 11.9. The van der Waals surface area contributed by atoms with Crippen LogP contribution in [0, 0.1) is 0 Å². The molecular formula is C20H38N5+3.